The second kappa shape index (κ2) is 7.78. The SMILES string of the molecule is CCCCC(NC1CCC(CC)C1C)C(=O)OC. The molecule has 106 valence electrons. The largest absolute Gasteiger partial charge is 0.468 e. The Morgan fingerprint density at radius 2 is 2.11 bits per heavy atom. The van der Waals surface area contributed by atoms with Gasteiger partial charge in [0, 0.05) is 6.04 Å². The van der Waals surface area contributed by atoms with E-state index in [4.69, 9.17) is 4.74 Å². The number of carbonyl (C=O) groups excluding carboxylic acids is 1. The highest BCUT2D eigenvalue weighted by atomic mass is 16.5. The molecule has 1 N–H and O–H groups in total. The molecule has 0 spiro atoms. The van der Waals surface area contributed by atoms with Crippen LogP contribution in [0.4, 0.5) is 0 Å². The Morgan fingerprint density at radius 1 is 1.39 bits per heavy atom. The summed E-state index contributed by atoms with van der Waals surface area (Å²) in [5.41, 5.74) is 0. The normalized spacial score (nSPS) is 29.2. The van der Waals surface area contributed by atoms with Crippen LogP contribution < -0.4 is 5.32 Å². The number of hydrogen-bond acceptors (Lipinski definition) is 3. The Kier molecular flexibility index (Phi) is 6.69. The molecule has 0 heterocycles. The summed E-state index contributed by atoms with van der Waals surface area (Å²) in [5, 5.41) is 3.54. The number of rotatable bonds is 7. The zero-order chi connectivity index (χ0) is 13.5. The van der Waals surface area contributed by atoms with Gasteiger partial charge in [0.2, 0.25) is 0 Å². The van der Waals surface area contributed by atoms with Gasteiger partial charge in [-0.05, 0) is 31.1 Å². The molecule has 3 heteroatoms. The van der Waals surface area contributed by atoms with Gasteiger partial charge >= 0.3 is 5.97 Å². The van der Waals surface area contributed by atoms with Gasteiger partial charge in [0.05, 0.1) is 7.11 Å². The first-order valence-electron chi connectivity index (χ1n) is 7.47. The highest BCUT2D eigenvalue weighted by molar-refractivity contribution is 5.75. The smallest absolute Gasteiger partial charge is 0.322 e. The molecule has 1 saturated carbocycles. The van der Waals surface area contributed by atoms with Crippen molar-refractivity contribution in [1.29, 1.82) is 0 Å². The molecule has 0 aromatic heterocycles. The monoisotopic (exact) mass is 255 g/mol. The Labute approximate surface area is 112 Å². The van der Waals surface area contributed by atoms with Crippen molar-refractivity contribution in [2.45, 2.75) is 71.4 Å². The Balaban J connectivity index is 2.52. The zero-order valence-electron chi connectivity index (χ0n) is 12.4. The van der Waals surface area contributed by atoms with Crippen LogP contribution in [0.3, 0.4) is 0 Å². The van der Waals surface area contributed by atoms with Crippen molar-refractivity contribution >= 4 is 5.97 Å². The molecule has 3 nitrogen and oxygen atoms in total. The van der Waals surface area contributed by atoms with Gasteiger partial charge in [0.25, 0.3) is 0 Å². The minimum absolute atomic E-state index is 0.101. The Bertz CT molecular complexity index is 255. The molecular weight excluding hydrogens is 226 g/mol. The molecule has 18 heavy (non-hydrogen) atoms. The first-order chi connectivity index (χ1) is 8.63. The molecule has 4 unspecified atom stereocenters. The zero-order valence-corrected chi connectivity index (χ0v) is 12.4. The number of carbonyl (C=O) groups is 1. The van der Waals surface area contributed by atoms with E-state index in [9.17, 15) is 4.79 Å². The summed E-state index contributed by atoms with van der Waals surface area (Å²) in [6, 6.07) is 0.369. The lowest BCUT2D eigenvalue weighted by Crippen LogP contribution is -2.45. The van der Waals surface area contributed by atoms with Crippen molar-refractivity contribution in [2.24, 2.45) is 11.8 Å². The molecule has 0 aliphatic heterocycles. The van der Waals surface area contributed by atoms with Crippen LogP contribution in [0.1, 0.15) is 59.3 Å². The molecule has 1 fully saturated rings. The van der Waals surface area contributed by atoms with Crippen LogP contribution in [0.2, 0.25) is 0 Å². The van der Waals surface area contributed by atoms with E-state index in [0.29, 0.717) is 12.0 Å². The van der Waals surface area contributed by atoms with Crippen LogP contribution in [0.5, 0.6) is 0 Å². The quantitative estimate of drug-likeness (QED) is 0.710. The molecule has 0 aromatic carbocycles. The third-order valence-electron chi connectivity index (χ3n) is 4.50. The fourth-order valence-corrected chi connectivity index (χ4v) is 3.14. The maximum Gasteiger partial charge on any atom is 0.322 e. The van der Waals surface area contributed by atoms with E-state index in [2.05, 4.69) is 26.1 Å². The summed E-state index contributed by atoms with van der Waals surface area (Å²) < 4.78 is 4.91. The lowest BCUT2D eigenvalue weighted by atomic mass is 9.93. The summed E-state index contributed by atoms with van der Waals surface area (Å²) in [6.45, 7) is 6.73. The molecule has 4 atom stereocenters. The molecule has 0 saturated heterocycles. The maximum atomic E-state index is 11.8. The van der Waals surface area contributed by atoms with Crippen LogP contribution in [-0.4, -0.2) is 25.2 Å². The first-order valence-corrected chi connectivity index (χ1v) is 7.47. The molecular formula is C15H29NO2. The maximum absolute atomic E-state index is 11.8. The van der Waals surface area contributed by atoms with Gasteiger partial charge in [-0.25, -0.2) is 0 Å². The van der Waals surface area contributed by atoms with Gasteiger partial charge in [-0.3, -0.25) is 4.79 Å². The first kappa shape index (κ1) is 15.5. The summed E-state index contributed by atoms with van der Waals surface area (Å²) in [6.07, 6.45) is 6.81. The highest BCUT2D eigenvalue weighted by Crippen LogP contribution is 2.34. The van der Waals surface area contributed by atoms with Crippen molar-refractivity contribution < 1.29 is 9.53 Å². The van der Waals surface area contributed by atoms with E-state index >= 15 is 0 Å². The van der Waals surface area contributed by atoms with Crippen molar-refractivity contribution in [2.75, 3.05) is 7.11 Å². The summed E-state index contributed by atoms with van der Waals surface area (Å²) in [5.74, 6) is 1.38. The van der Waals surface area contributed by atoms with Gasteiger partial charge < -0.3 is 10.1 Å². The van der Waals surface area contributed by atoms with Crippen molar-refractivity contribution in [3.63, 3.8) is 0 Å². The lowest BCUT2D eigenvalue weighted by Gasteiger charge is -2.25. The average molecular weight is 255 g/mol. The molecule has 1 aliphatic carbocycles. The lowest BCUT2D eigenvalue weighted by molar-refractivity contribution is -0.143. The van der Waals surface area contributed by atoms with E-state index in [1.54, 1.807) is 0 Å². The molecule has 1 aliphatic rings. The number of ether oxygens (including phenoxy) is 1. The summed E-state index contributed by atoms with van der Waals surface area (Å²) >= 11 is 0. The average Bonchev–Trinajstić information content (AvgIpc) is 2.74. The number of esters is 1. The van der Waals surface area contributed by atoms with Crippen LogP contribution >= 0.6 is 0 Å². The molecule has 0 radical (unpaired) electrons. The van der Waals surface area contributed by atoms with Crippen LogP contribution in [0.25, 0.3) is 0 Å². The minimum Gasteiger partial charge on any atom is -0.468 e. The number of unbranched alkanes of at least 4 members (excludes halogenated alkanes) is 1. The number of hydrogen-bond donors (Lipinski definition) is 1. The number of methoxy groups -OCH3 is 1. The van der Waals surface area contributed by atoms with Crippen molar-refractivity contribution in [3.05, 3.63) is 0 Å². The van der Waals surface area contributed by atoms with Crippen LogP contribution in [0, 0.1) is 11.8 Å². The van der Waals surface area contributed by atoms with Crippen molar-refractivity contribution in [3.8, 4) is 0 Å². The Hall–Kier alpha value is -0.570. The second-order valence-electron chi connectivity index (χ2n) is 5.60. The molecule has 1 rings (SSSR count). The minimum atomic E-state index is -0.113. The van der Waals surface area contributed by atoms with Gasteiger partial charge in [-0.1, -0.05) is 40.0 Å². The van der Waals surface area contributed by atoms with Gasteiger partial charge in [-0.15, -0.1) is 0 Å². The van der Waals surface area contributed by atoms with Crippen molar-refractivity contribution in [1.82, 2.24) is 5.32 Å². The highest BCUT2D eigenvalue weighted by Gasteiger charge is 2.34. The fraction of sp³-hybridized carbons (Fsp3) is 0.933. The van der Waals surface area contributed by atoms with Gasteiger partial charge in [0.1, 0.15) is 6.04 Å². The van der Waals surface area contributed by atoms with Crippen LogP contribution in [0.15, 0.2) is 0 Å². The van der Waals surface area contributed by atoms with E-state index in [1.165, 1.54) is 26.4 Å². The standard InChI is InChI=1S/C15H29NO2/c1-5-7-8-14(15(17)18-4)16-13-10-9-12(6-2)11(13)3/h11-14,16H,5-10H2,1-4H3. The molecule has 0 aromatic rings. The third-order valence-corrected chi connectivity index (χ3v) is 4.50. The Morgan fingerprint density at radius 3 is 2.61 bits per heavy atom. The number of nitrogens with one attached hydrogen (secondary N) is 1. The second-order valence-corrected chi connectivity index (χ2v) is 5.60. The summed E-state index contributed by atoms with van der Waals surface area (Å²) in [7, 11) is 1.48. The van der Waals surface area contributed by atoms with Gasteiger partial charge in [0.15, 0.2) is 0 Å². The summed E-state index contributed by atoms with van der Waals surface area (Å²) in [4.78, 5) is 11.8. The topological polar surface area (TPSA) is 38.3 Å². The predicted molar refractivity (Wildman–Crippen MR) is 74.4 cm³/mol. The van der Waals surface area contributed by atoms with E-state index in [0.717, 1.165) is 25.2 Å². The fourth-order valence-electron chi connectivity index (χ4n) is 3.14. The van der Waals surface area contributed by atoms with E-state index in [1.807, 2.05) is 0 Å². The molecule has 0 bridgehead atoms. The predicted octanol–water partition coefficient (Wildman–Crippen LogP) is 3.13. The van der Waals surface area contributed by atoms with E-state index in [-0.39, 0.29) is 12.0 Å². The van der Waals surface area contributed by atoms with Crippen LogP contribution in [-0.2, 0) is 9.53 Å². The third kappa shape index (κ3) is 3.98. The van der Waals surface area contributed by atoms with Gasteiger partial charge in [-0.2, -0.15) is 0 Å². The van der Waals surface area contributed by atoms with E-state index < -0.39 is 0 Å². The molecule has 0 amide bonds.